The van der Waals surface area contributed by atoms with Crippen molar-refractivity contribution in [1.82, 2.24) is 0 Å². The summed E-state index contributed by atoms with van der Waals surface area (Å²) in [5.41, 5.74) is -2.97. The van der Waals surface area contributed by atoms with Crippen molar-refractivity contribution in [3.8, 4) is 24.3 Å². The summed E-state index contributed by atoms with van der Waals surface area (Å²) in [6.07, 6.45) is 2.60. The summed E-state index contributed by atoms with van der Waals surface area (Å²) in [6.45, 7) is 1.78. The van der Waals surface area contributed by atoms with Crippen molar-refractivity contribution in [2.45, 2.75) is 32.6 Å². The zero-order valence-electron chi connectivity index (χ0n) is 9.19. The largest absolute Gasteiger partial charge is 0.196 e. The van der Waals surface area contributed by atoms with Gasteiger partial charge in [-0.1, -0.05) is 19.8 Å². The Kier molecular flexibility index (Phi) is 3.17. The van der Waals surface area contributed by atoms with E-state index in [1.807, 2.05) is 24.3 Å². The van der Waals surface area contributed by atoms with Crippen molar-refractivity contribution in [3.63, 3.8) is 0 Å². The molecule has 1 unspecified atom stereocenters. The van der Waals surface area contributed by atoms with E-state index in [9.17, 15) is 21.0 Å². The number of nitrogens with zero attached hydrogens (tertiary/aromatic N) is 4. The molecule has 0 radical (unpaired) electrons. The van der Waals surface area contributed by atoms with Gasteiger partial charge in [-0.25, -0.2) is 0 Å². The summed E-state index contributed by atoms with van der Waals surface area (Å²) in [6, 6.07) is 7.74. The molecule has 0 aromatic rings. The standard InChI is InChI=1S/C12H12N4/c1-10-4-2-3-5-11(6-13,7-14)12(10,8-15)9-16/h10H,2-5H2,1H3. The van der Waals surface area contributed by atoms with Gasteiger partial charge in [0, 0.05) is 0 Å². The molecule has 0 aliphatic heterocycles. The summed E-state index contributed by atoms with van der Waals surface area (Å²) < 4.78 is 0. The maximum atomic E-state index is 9.26. The van der Waals surface area contributed by atoms with Crippen LogP contribution in [-0.4, -0.2) is 0 Å². The summed E-state index contributed by atoms with van der Waals surface area (Å²) >= 11 is 0. The van der Waals surface area contributed by atoms with E-state index in [1.54, 1.807) is 6.92 Å². The molecule has 16 heavy (non-hydrogen) atoms. The molecule has 0 heterocycles. The van der Waals surface area contributed by atoms with Crippen LogP contribution in [0.15, 0.2) is 0 Å². The predicted octanol–water partition coefficient (Wildman–Crippen LogP) is 2.26. The zero-order chi connectivity index (χ0) is 12.2. The minimum Gasteiger partial charge on any atom is -0.196 e. The summed E-state index contributed by atoms with van der Waals surface area (Å²) in [4.78, 5) is 0. The highest BCUT2D eigenvalue weighted by Crippen LogP contribution is 2.51. The second-order valence-electron chi connectivity index (χ2n) is 4.31. The topological polar surface area (TPSA) is 95.2 Å². The third-order valence-corrected chi connectivity index (χ3v) is 3.59. The minimum atomic E-state index is -1.49. The third-order valence-electron chi connectivity index (χ3n) is 3.59. The lowest BCUT2D eigenvalue weighted by Crippen LogP contribution is -2.42. The Morgan fingerprint density at radius 3 is 1.94 bits per heavy atom. The van der Waals surface area contributed by atoms with Crippen molar-refractivity contribution in [2.75, 3.05) is 0 Å². The monoisotopic (exact) mass is 212 g/mol. The first kappa shape index (κ1) is 12.0. The molecule has 0 spiro atoms. The lowest BCUT2D eigenvalue weighted by molar-refractivity contribution is 0.208. The summed E-state index contributed by atoms with van der Waals surface area (Å²) in [5.74, 6) is -0.246. The van der Waals surface area contributed by atoms with Crippen LogP contribution in [0.4, 0.5) is 0 Å². The predicted molar refractivity (Wildman–Crippen MR) is 55.0 cm³/mol. The van der Waals surface area contributed by atoms with Crippen LogP contribution >= 0.6 is 0 Å². The molecular weight excluding hydrogens is 200 g/mol. The van der Waals surface area contributed by atoms with Crippen LogP contribution in [0.5, 0.6) is 0 Å². The number of rotatable bonds is 0. The van der Waals surface area contributed by atoms with Crippen molar-refractivity contribution < 1.29 is 0 Å². The number of nitriles is 4. The van der Waals surface area contributed by atoms with E-state index < -0.39 is 10.8 Å². The van der Waals surface area contributed by atoms with E-state index >= 15 is 0 Å². The second-order valence-corrected chi connectivity index (χ2v) is 4.31. The Bertz CT molecular complexity index is 410. The fourth-order valence-electron chi connectivity index (χ4n) is 2.42. The maximum absolute atomic E-state index is 9.26. The van der Waals surface area contributed by atoms with E-state index in [1.165, 1.54) is 0 Å². The first-order valence-corrected chi connectivity index (χ1v) is 5.27. The van der Waals surface area contributed by atoms with E-state index in [4.69, 9.17) is 0 Å². The van der Waals surface area contributed by atoms with E-state index in [-0.39, 0.29) is 5.92 Å². The molecule has 1 rings (SSSR count). The molecule has 0 aromatic heterocycles. The van der Waals surface area contributed by atoms with Gasteiger partial charge >= 0.3 is 0 Å². The van der Waals surface area contributed by atoms with Crippen LogP contribution in [0.2, 0.25) is 0 Å². The van der Waals surface area contributed by atoms with Gasteiger partial charge < -0.3 is 0 Å². The van der Waals surface area contributed by atoms with Crippen LogP contribution in [0.25, 0.3) is 0 Å². The second kappa shape index (κ2) is 4.22. The molecule has 1 saturated carbocycles. The van der Waals surface area contributed by atoms with E-state index in [0.717, 1.165) is 12.8 Å². The van der Waals surface area contributed by atoms with Gasteiger partial charge in [-0.15, -0.1) is 0 Å². The number of hydrogen-bond donors (Lipinski definition) is 0. The first-order valence-electron chi connectivity index (χ1n) is 5.27. The minimum absolute atomic E-state index is 0.246. The van der Waals surface area contributed by atoms with Gasteiger partial charge in [0.15, 0.2) is 10.8 Å². The SMILES string of the molecule is CC1CCCCC(C#N)(C#N)C1(C#N)C#N. The molecule has 0 N–H and O–H groups in total. The molecule has 80 valence electrons. The molecule has 4 heteroatoms. The van der Waals surface area contributed by atoms with Gasteiger partial charge in [0.2, 0.25) is 0 Å². The van der Waals surface area contributed by atoms with Crippen molar-refractivity contribution in [2.24, 2.45) is 16.7 Å². The zero-order valence-corrected chi connectivity index (χ0v) is 9.19. The normalized spacial score (nSPS) is 26.2. The van der Waals surface area contributed by atoms with Crippen molar-refractivity contribution >= 4 is 0 Å². The highest BCUT2D eigenvalue weighted by atomic mass is 14.6. The Morgan fingerprint density at radius 1 is 0.938 bits per heavy atom. The lowest BCUT2D eigenvalue weighted by atomic mass is 9.59. The highest BCUT2D eigenvalue weighted by Gasteiger charge is 2.58. The molecule has 1 fully saturated rings. The molecule has 0 amide bonds. The maximum Gasteiger partial charge on any atom is 0.177 e. The molecule has 4 nitrogen and oxygen atoms in total. The van der Waals surface area contributed by atoms with Gasteiger partial charge in [-0.05, 0) is 18.8 Å². The molecule has 1 aliphatic rings. The van der Waals surface area contributed by atoms with Gasteiger partial charge in [0.25, 0.3) is 0 Å². The van der Waals surface area contributed by atoms with Gasteiger partial charge in [-0.2, -0.15) is 21.0 Å². The number of hydrogen-bond acceptors (Lipinski definition) is 4. The highest BCUT2D eigenvalue weighted by molar-refractivity contribution is 5.35. The molecule has 1 aliphatic carbocycles. The Labute approximate surface area is 95.3 Å². The van der Waals surface area contributed by atoms with Crippen molar-refractivity contribution in [1.29, 1.82) is 21.0 Å². The Balaban J connectivity index is 3.46. The van der Waals surface area contributed by atoms with Crippen molar-refractivity contribution in [3.05, 3.63) is 0 Å². The third kappa shape index (κ3) is 1.32. The van der Waals surface area contributed by atoms with E-state index in [2.05, 4.69) is 0 Å². The van der Waals surface area contributed by atoms with Crippen LogP contribution < -0.4 is 0 Å². The summed E-state index contributed by atoms with van der Waals surface area (Å²) in [7, 11) is 0. The van der Waals surface area contributed by atoms with Crippen LogP contribution in [0.1, 0.15) is 32.6 Å². The fraction of sp³-hybridized carbons (Fsp3) is 0.667. The molecular formula is C12H12N4. The smallest absolute Gasteiger partial charge is 0.177 e. The molecule has 0 aromatic carbocycles. The fourth-order valence-corrected chi connectivity index (χ4v) is 2.42. The quantitative estimate of drug-likeness (QED) is 0.575. The average Bonchev–Trinajstić information content (AvgIpc) is 2.46. The lowest BCUT2D eigenvalue weighted by Gasteiger charge is -2.33. The van der Waals surface area contributed by atoms with Crippen LogP contribution in [-0.2, 0) is 0 Å². The summed E-state index contributed by atoms with van der Waals surface area (Å²) in [5, 5.41) is 36.9. The van der Waals surface area contributed by atoms with Crippen LogP contribution in [0.3, 0.4) is 0 Å². The van der Waals surface area contributed by atoms with E-state index in [0.29, 0.717) is 12.8 Å². The van der Waals surface area contributed by atoms with Gasteiger partial charge in [-0.3, -0.25) is 0 Å². The molecule has 1 atom stereocenters. The Morgan fingerprint density at radius 2 is 1.50 bits per heavy atom. The van der Waals surface area contributed by atoms with Crippen LogP contribution in [0, 0.1) is 62.1 Å². The molecule has 0 saturated heterocycles. The molecule has 0 bridgehead atoms. The first-order chi connectivity index (χ1) is 7.62. The van der Waals surface area contributed by atoms with Gasteiger partial charge in [0.05, 0.1) is 24.3 Å². The Hall–Kier alpha value is -2.04. The average molecular weight is 212 g/mol. The van der Waals surface area contributed by atoms with Gasteiger partial charge in [0.1, 0.15) is 0 Å².